The second-order valence-corrected chi connectivity index (χ2v) is 10.5. The highest BCUT2D eigenvalue weighted by molar-refractivity contribution is 9.10. The number of benzene rings is 3. The molecule has 34 heavy (non-hydrogen) atoms. The minimum absolute atomic E-state index is 0.207. The fraction of sp³-hybridized carbons (Fsp3) is 0.120. The Morgan fingerprint density at radius 3 is 2.41 bits per heavy atom. The summed E-state index contributed by atoms with van der Waals surface area (Å²) in [6.45, 7) is 2.37. The SMILES string of the molecule is CCc1ccc(N=C2NC(=O)/C(=C/c3cc(Cl)c(OCc4ccc(Cl)c(Cl)c4)c(Br)c3)S2)cc1. The molecule has 9 heteroatoms. The lowest BCUT2D eigenvalue weighted by Gasteiger charge is -2.12. The molecule has 0 saturated carbocycles. The number of aryl methyl sites for hydroxylation is 1. The number of hydrogen-bond acceptors (Lipinski definition) is 4. The van der Waals surface area contributed by atoms with Crippen LogP contribution in [0, 0.1) is 0 Å². The van der Waals surface area contributed by atoms with Gasteiger partial charge in [-0.15, -0.1) is 0 Å². The summed E-state index contributed by atoms with van der Waals surface area (Å²) in [4.78, 5) is 17.5. The Morgan fingerprint density at radius 1 is 1.00 bits per heavy atom. The number of nitrogens with zero attached hydrogens (tertiary/aromatic N) is 1. The Hall–Kier alpha value is -1.96. The van der Waals surface area contributed by atoms with E-state index in [1.165, 1.54) is 17.3 Å². The highest BCUT2D eigenvalue weighted by atomic mass is 79.9. The van der Waals surface area contributed by atoms with Crippen LogP contribution in [0.5, 0.6) is 5.75 Å². The summed E-state index contributed by atoms with van der Waals surface area (Å²) in [6.07, 6.45) is 2.73. The summed E-state index contributed by atoms with van der Waals surface area (Å²) < 4.78 is 6.56. The molecule has 1 aliphatic heterocycles. The number of rotatable bonds is 6. The fourth-order valence-corrected chi connectivity index (χ4v) is 5.29. The number of thioether (sulfide) groups is 1. The molecule has 0 aromatic heterocycles. The number of amides is 1. The topological polar surface area (TPSA) is 50.7 Å². The summed E-state index contributed by atoms with van der Waals surface area (Å²) in [6, 6.07) is 16.8. The first-order valence-corrected chi connectivity index (χ1v) is 13.0. The van der Waals surface area contributed by atoms with Crippen LogP contribution in [0.3, 0.4) is 0 Å². The number of hydrogen-bond donors (Lipinski definition) is 1. The van der Waals surface area contributed by atoms with Gasteiger partial charge in [-0.1, -0.05) is 59.9 Å². The lowest BCUT2D eigenvalue weighted by atomic mass is 10.2. The molecule has 1 saturated heterocycles. The third kappa shape index (κ3) is 6.18. The van der Waals surface area contributed by atoms with E-state index in [4.69, 9.17) is 39.5 Å². The lowest BCUT2D eigenvalue weighted by Crippen LogP contribution is -2.19. The monoisotopic (exact) mass is 594 g/mol. The molecule has 0 atom stereocenters. The largest absolute Gasteiger partial charge is 0.486 e. The summed E-state index contributed by atoms with van der Waals surface area (Å²) in [5.74, 6) is 0.289. The molecule has 0 aliphatic carbocycles. The molecular formula is C25H18BrCl3N2O2S. The number of carbonyl (C=O) groups is 1. The lowest BCUT2D eigenvalue weighted by molar-refractivity contribution is -0.115. The second kappa shape index (κ2) is 11.2. The Bertz CT molecular complexity index is 1290. The van der Waals surface area contributed by atoms with Crippen molar-refractivity contribution in [2.24, 2.45) is 4.99 Å². The van der Waals surface area contributed by atoms with Crippen LogP contribution >= 0.6 is 62.5 Å². The van der Waals surface area contributed by atoms with Crippen LogP contribution in [0.1, 0.15) is 23.6 Å². The van der Waals surface area contributed by atoms with Crippen LogP contribution in [0.4, 0.5) is 5.69 Å². The van der Waals surface area contributed by atoms with E-state index in [1.54, 1.807) is 24.3 Å². The molecule has 0 bridgehead atoms. The standard InChI is InChI=1S/C25H18BrCl3N2O2S/c1-2-14-3-6-17(7-4-14)30-25-31-24(32)22(34-25)12-16-9-18(26)23(21(29)11-16)33-13-15-5-8-19(27)20(28)10-15/h3-12H,2,13H2,1H3,(H,30,31,32)/b22-12-. The summed E-state index contributed by atoms with van der Waals surface area (Å²) in [5, 5.41) is 4.70. The molecule has 1 fully saturated rings. The number of ether oxygens (including phenoxy) is 1. The molecular weight excluding hydrogens is 579 g/mol. The number of aliphatic imine (C=N–C) groups is 1. The Morgan fingerprint density at radius 2 is 1.74 bits per heavy atom. The van der Waals surface area contributed by atoms with Gasteiger partial charge in [-0.25, -0.2) is 4.99 Å². The van der Waals surface area contributed by atoms with Crippen LogP contribution in [-0.2, 0) is 17.8 Å². The van der Waals surface area contributed by atoms with E-state index >= 15 is 0 Å². The minimum Gasteiger partial charge on any atom is -0.486 e. The van der Waals surface area contributed by atoms with Gasteiger partial charge in [0.1, 0.15) is 6.61 Å². The fourth-order valence-electron chi connectivity index (χ4n) is 3.14. The zero-order valence-corrected chi connectivity index (χ0v) is 22.5. The average Bonchev–Trinajstić information content (AvgIpc) is 3.14. The smallest absolute Gasteiger partial charge is 0.264 e. The highest BCUT2D eigenvalue weighted by Crippen LogP contribution is 2.37. The average molecular weight is 597 g/mol. The normalized spacial score (nSPS) is 15.7. The third-order valence-corrected chi connectivity index (χ3v) is 7.43. The third-order valence-electron chi connectivity index (χ3n) is 4.91. The van der Waals surface area contributed by atoms with Gasteiger partial charge in [-0.2, -0.15) is 0 Å². The zero-order valence-electron chi connectivity index (χ0n) is 17.9. The quantitative estimate of drug-likeness (QED) is 0.291. The number of nitrogens with one attached hydrogen (secondary N) is 1. The van der Waals surface area contributed by atoms with Gasteiger partial charge in [0.15, 0.2) is 10.9 Å². The molecule has 1 aliphatic rings. The molecule has 1 amide bonds. The van der Waals surface area contributed by atoms with E-state index in [2.05, 4.69) is 33.2 Å². The minimum atomic E-state index is -0.207. The van der Waals surface area contributed by atoms with Crippen molar-refractivity contribution in [2.75, 3.05) is 0 Å². The van der Waals surface area contributed by atoms with E-state index < -0.39 is 0 Å². The van der Waals surface area contributed by atoms with Gasteiger partial charge >= 0.3 is 0 Å². The Kier molecular flexibility index (Phi) is 8.27. The summed E-state index contributed by atoms with van der Waals surface area (Å²) in [7, 11) is 0. The van der Waals surface area contributed by atoms with Crippen LogP contribution in [0.2, 0.25) is 15.1 Å². The second-order valence-electron chi connectivity index (χ2n) is 7.35. The maximum absolute atomic E-state index is 12.5. The first-order chi connectivity index (χ1) is 16.3. The molecule has 3 aromatic rings. The van der Waals surface area contributed by atoms with Crippen molar-refractivity contribution in [3.8, 4) is 5.75 Å². The van der Waals surface area contributed by atoms with E-state index in [0.29, 0.717) is 35.4 Å². The van der Waals surface area contributed by atoms with Gasteiger partial charge in [-0.3, -0.25) is 4.79 Å². The van der Waals surface area contributed by atoms with Gasteiger partial charge < -0.3 is 10.1 Å². The van der Waals surface area contributed by atoms with E-state index in [1.807, 2.05) is 36.4 Å². The van der Waals surface area contributed by atoms with Gasteiger partial charge in [0.05, 0.1) is 30.1 Å². The molecule has 0 spiro atoms. The molecule has 1 heterocycles. The predicted octanol–water partition coefficient (Wildman–Crippen LogP) is 8.44. The first-order valence-electron chi connectivity index (χ1n) is 10.3. The van der Waals surface area contributed by atoms with Gasteiger partial charge in [-0.05, 0) is 93.3 Å². The van der Waals surface area contributed by atoms with Crippen molar-refractivity contribution >= 4 is 85.3 Å². The van der Waals surface area contributed by atoms with Crippen molar-refractivity contribution in [3.63, 3.8) is 0 Å². The number of amidine groups is 1. The molecule has 0 unspecified atom stereocenters. The molecule has 174 valence electrons. The van der Waals surface area contributed by atoms with Crippen LogP contribution in [-0.4, -0.2) is 11.1 Å². The predicted molar refractivity (Wildman–Crippen MR) is 147 cm³/mol. The Labute approximate surface area is 225 Å². The molecule has 4 nitrogen and oxygen atoms in total. The molecule has 3 aromatic carbocycles. The first kappa shape index (κ1) is 25.1. The van der Waals surface area contributed by atoms with Crippen molar-refractivity contribution in [3.05, 3.63) is 95.7 Å². The van der Waals surface area contributed by atoms with Gasteiger partial charge in [0.2, 0.25) is 0 Å². The van der Waals surface area contributed by atoms with E-state index in [0.717, 1.165) is 23.2 Å². The molecule has 0 radical (unpaired) electrons. The maximum Gasteiger partial charge on any atom is 0.264 e. The molecule has 1 N–H and O–H groups in total. The highest BCUT2D eigenvalue weighted by Gasteiger charge is 2.24. The zero-order chi connectivity index (χ0) is 24.2. The van der Waals surface area contributed by atoms with Gasteiger partial charge in [0, 0.05) is 0 Å². The number of halogens is 4. The maximum atomic E-state index is 12.5. The van der Waals surface area contributed by atoms with Crippen molar-refractivity contribution in [2.45, 2.75) is 20.0 Å². The molecule has 4 rings (SSSR count). The number of carbonyl (C=O) groups excluding carboxylic acids is 1. The van der Waals surface area contributed by atoms with Crippen molar-refractivity contribution in [1.82, 2.24) is 5.32 Å². The summed E-state index contributed by atoms with van der Waals surface area (Å²) >= 11 is 23.3. The Balaban J connectivity index is 1.48. The van der Waals surface area contributed by atoms with Gasteiger partial charge in [0.25, 0.3) is 5.91 Å². The van der Waals surface area contributed by atoms with Crippen LogP contribution in [0.25, 0.3) is 6.08 Å². The van der Waals surface area contributed by atoms with Crippen LogP contribution < -0.4 is 10.1 Å². The van der Waals surface area contributed by atoms with Crippen LogP contribution in [0.15, 0.2) is 69.0 Å². The summed E-state index contributed by atoms with van der Waals surface area (Å²) in [5.41, 5.74) is 3.64. The van der Waals surface area contributed by atoms with E-state index in [9.17, 15) is 4.79 Å². The van der Waals surface area contributed by atoms with Crippen molar-refractivity contribution < 1.29 is 9.53 Å². The van der Waals surface area contributed by atoms with E-state index in [-0.39, 0.29) is 12.5 Å². The van der Waals surface area contributed by atoms with Crippen molar-refractivity contribution in [1.29, 1.82) is 0 Å².